The van der Waals surface area contributed by atoms with E-state index >= 15 is 0 Å². The monoisotopic (exact) mass is 308 g/mol. The van der Waals surface area contributed by atoms with E-state index < -0.39 is 0 Å². The summed E-state index contributed by atoms with van der Waals surface area (Å²) < 4.78 is 5.60. The molecule has 0 N–H and O–H groups in total. The predicted octanol–water partition coefficient (Wildman–Crippen LogP) is 4.84. The van der Waals surface area contributed by atoms with Crippen LogP contribution in [-0.4, -0.2) is 10.2 Å². The van der Waals surface area contributed by atoms with Gasteiger partial charge in [-0.05, 0) is 24.1 Å². The van der Waals surface area contributed by atoms with Crippen LogP contribution in [-0.2, 0) is 5.75 Å². The first-order valence-corrected chi connectivity index (χ1v) is 8.03. The van der Waals surface area contributed by atoms with Gasteiger partial charge in [0.2, 0.25) is 5.89 Å². The van der Waals surface area contributed by atoms with Crippen molar-refractivity contribution in [1.82, 2.24) is 10.2 Å². The molecule has 0 amide bonds. The normalized spacial score (nSPS) is 11.1. The van der Waals surface area contributed by atoms with Crippen LogP contribution in [0, 0.1) is 6.92 Å². The molecule has 0 unspecified atom stereocenters. The Morgan fingerprint density at radius 1 is 0.955 bits per heavy atom. The molecule has 2 aromatic carbocycles. The summed E-state index contributed by atoms with van der Waals surface area (Å²) in [5.41, 5.74) is 3.62. The van der Waals surface area contributed by atoms with Crippen molar-refractivity contribution in [2.24, 2.45) is 0 Å². The summed E-state index contributed by atoms with van der Waals surface area (Å²) in [7, 11) is 0. The molecule has 3 aromatic rings. The van der Waals surface area contributed by atoms with E-state index in [0.29, 0.717) is 11.1 Å². The zero-order valence-corrected chi connectivity index (χ0v) is 13.1. The van der Waals surface area contributed by atoms with Crippen molar-refractivity contribution in [3.05, 3.63) is 77.2 Å². The van der Waals surface area contributed by atoms with Crippen molar-refractivity contribution >= 4 is 23.9 Å². The Morgan fingerprint density at radius 3 is 2.50 bits per heavy atom. The molecule has 0 aliphatic heterocycles. The van der Waals surface area contributed by atoms with Crippen molar-refractivity contribution in [2.45, 2.75) is 17.9 Å². The Kier molecular flexibility index (Phi) is 4.71. The number of rotatable bonds is 5. The van der Waals surface area contributed by atoms with Crippen LogP contribution in [0.5, 0.6) is 0 Å². The summed E-state index contributed by atoms with van der Waals surface area (Å²) in [6, 6.07) is 18.5. The Balaban J connectivity index is 1.59. The largest absolute Gasteiger partial charge is 0.412 e. The second kappa shape index (κ2) is 7.09. The summed E-state index contributed by atoms with van der Waals surface area (Å²) in [5.74, 6) is 1.35. The first kappa shape index (κ1) is 14.6. The van der Waals surface area contributed by atoms with E-state index in [9.17, 15) is 0 Å². The second-order valence-corrected chi connectivity index (χ2v) is 5.85. The lowest BCUT2D eigenvalue weighted by Crippen LogP contribution is -1.81. The molecule has 0 aliphatic rings. The van der Waals surface area contributed by atoms with Crippen LogP contribution in [0.4, 0.5) is 0 Å². The molecular weight excluding hydrogens is 292 g/mol. The molecule has 110 valence electrons. The SMILES string of the molecule is Cc1ccc(CSc2nnc(/C=C/c3ccccc3)o2)cc1. The maximum Gasteiger partial charge on any atom is 0.277 e. The molecule has 4 heteroatoms. The van der Waals surface area contributed by atoms with Gasteiger partial charge in [0.1, 0.15) is 0 Å². The predicted molar refractivity (Wildman–Crippen MR) is 90.4 cm³/mol. The van der Waals surface area contributed by atoms with E-state index in [2.05, 4.69) is 41.4 Å². The molecular formula is C18H16N2OS. The number of nitrogens with zero attached hydrogens (tertiary/aromatic N) is 2. The maximum absolute atomic E-state index is 5.60. The quantitative estimate of drug-likeness (QED) is 0.632. The molecule has 22 heavy (non-hydrogen) atoms. The highest BCUT2D eigenvalue weighted by molar-refractivity contribution is 7.98. The van der Waals surface area contributed by atoms with Crippen LogP contribution in [0.3, 0.4) is 0 Å². The fourth-order valence-electron chi connectivity index (χ4n) is 1.91. The molecule has 3 rings (SSSR count). The summed E-state index contributed by atoms with van der Waals surface area (Å²) >= 11 is 1.55. The number of aryl methyl sites for hydroxylation is 1. The molecule has 0 bridgehead atoms. The molecule has 0 saturated carbocycles. The lowest BCUT2D eigenvalue weighted by molar-refractivity contribution is 0.446. The highest BCUT2D eigenvalue weighted by atomic mass is 32.2. The van der Waals surface area contributed by atoms with E-state index in [4.69, 9.17) is 4.42 Å². The second-order valence-electron chi connectivity index (χ2n) is 4.92. The molecule has 0 atom stereocenters. The topological polar surface area (TPSA) is 38.9 Å². The molecule has 0 saturated heterocycles. The van der Waals surface area contributed by atoms with Gasteiger partial charge >= 0.3 is 0 Å². The number of thioether (sulfide) groups is 1. The smallest absolute Gasteiger partial charge is 0.277 e. The van der Waals surface area contributed by atoms with Crippen LogP contribution in [0.2, 0.25) is 0 Å². The zero-order chi connectivity index (χ0) is 15.2. The van der Waals surface area contributed by atoms with Crippen LogP contribution < -0.4 is 0 Å². The number of benzene rings is 2. The van der Waals surface area contributed by atoms with Gasteiger partial charge < -0.3 is 4.42 Å². The lowest BCUT2D eigenvalue weighted by Gasteiger charge is -1.98. The average Bonchev–Trinajstić information content (AvgIpc) is 3.01. The van der Waals surface area contributed by atoms with Crippen LogP contribution >= 0.6 is 11.8 Å². The van der Waals surface area contributed by atoms with E-state index in [-0.39, 0.29) is 0 Å². The summed E-state index contributed by atoms with van der Waals surface area (Å²) in [5, 5.41) is 8.68. The summed E-state index contributed by atoms with van der Waals surface area (Å²) in [4.78, 5) is 0. The number of hydrogen-bond acceptors (Lipinski definition) is 4. The van der Waals surface area contributed by atoms with Crippen molar-refractivity contribution < 1.29 is 4.42 Å². The third-order valence-electron chi connectivity index (χ3n) is 3.12. The Labute approximate surface area is 134 Å². The molecule has 1 heterocycles. The lowest BCUT2D eigenvalue weighted by atomic mass is 10.2. The third-order valence-corrected chi connectivity index (χ3v) is 4.01. The fraction of sp³-hybridized carbons (Fsp3) is 0.111. The van der Waals surface area contributed by atoms with Gasteiger partial charge in [-0.1, -0.05) is 71.9 Å². The molecule has 0 fully saturated rings. The zero-order valence-electron chi connectivity index (χ0n) is 12.3. The minimum Gasteiger partial charge on any atom is -0.412 e. The van der Waals surface area contributed by atoms with Crippen LogP contribution in [0.15, 0.2) is 64.2 Å². The van der Waals surface area contributed by atoms with Gasteiger partial charge in [-0.2, -0.15) is 0 Å². The van der Waals surface area contributed by atoms with Gasteiger partial charge in [0.25, 0.3) is 5.22 Å². The van der Waals surface area contributed by atoms with Gasteiger partial charge in [0.15, 0.2) is 0 Å². The minimum atomic E-state index is 0.523. The fourth-order valence-corrected chi connectivity index (χ4v) is 2.63. The Hall–Kier alpha value is -2.33. The van der Waals surface area contributed by atoms with Gasteiger partial charge in [-0.25, -0.2) is 0 Å². The Bertz CT molecular complexity index is 748. The van der Waals surface area contributed by atoms with Gasteiger partial charge in [-0.3, -0.25) is 0 Å². The first-order valence-electron chi connectivity index (χ1n) is 7.04. The molecule has 0 aliphatic carbocycles. The molecule has 0 spiro atoms. The van der Waals surface area contributed by atoms with Crippen molar-refractivity contribution in [3.8, 4) is 0 Å². The first-order chi connectivity index (χ1) is 10.8. The molecule has 1 aromatic heterocycles. The minimum absolute atomic E-state index is 0.523. The third kappa shape index (κ3) is 4.09. The summed E-state index contributed by atoms with van der Waals surface area (Å²) in [6.07, 6.45) is 3.79. The van der Waals surface area contributed by atoms with Crippen molar-refractivity contribution in [2.75, 3.05) is 0 Å². The number of hydrogen-bond donors (Lipinski definition) is 0. The highest BCUT2D eigenvalue weighted by Crippen LogP contribution is 2.22. The Morgan fingerprint density at radius 2 is 1.73 bits per heavy atom. The molecule has 3 nitrogen and oxygen atoms in total. The summed E-state index contributed by atoms with van der Waals surface area (Å²) in [6.45, 7) is 2.08. The van der Waals surface area contributed by atoms with Crippen molar-refractivity contribution in [1.29, 1.82) is 0 Å². The van der Waals surface area contributed by atoms with Crippen LogP contribution in [0.25, 0.3) is 12.2 Å². The molecule has 0 radical (unpaired) electrons. The van der Waals surface area contributed by atoms with E-state index in [0.717, 1.165) is 11.3 Å². The van der Waals surface area contributed by atoms with Crippen LogP contribution in [0.1, 0.15) is 22.6 Å². The maximum atomic E-state index is 5.60. The van der Waals surface area contributed by atoms with Crippen molar-refractivity contribution in [3.63, 3.8) is 0 Å². The van der Waals surface area contributed by atoms with E-state index in [1.54, 1.807) is 11.8 Å². The van der Waals surface area contributed by atoms with Gasteiger partial charge in [-0.15, -0.1) is 10.2 Å². The van der Waals surface area contributed by atoms with E-state index in [1.807, 2.05) is 42.5 Å². The highest BCUT2D eigenvalue weighted by Gasteiger charge is 2.04. The van der Waals surface area contributed by atoms with Gasteiger partial charge in [0, 0.05) is 11.8 Å². The number of aromatic nitrogens is 2. The standard InChI is InChI=1S/C18H16N2OS/c1-14-7-9-16(10-8-14)13-22-18-20-19-17(21-18)12-11-15-5-3-2-4-6-15/h2-12H,13H2,1H3/b12-11+. The average molecular weight is 308 g/mol. The van der Waals surface area contributed by atoms with E-state index in [1.165, 1.54) is 11.1 Å². The van der Waals surface area contributed by atoms with Gasteiger partial charge in [0.05, 0.1) is 0 Å².